The molecule has 3 N–H and O–H groups in total. The molecule has 1 aliphatic rings. The zero-order valence-corrected chi connectivity index (χ0v) is 16.6. The van der Waals surface area contributed by atoms with E-state index in [4.69, 9.17) is 5.14 Å². The van der Waals surface area contributed by atoms with Crippen molar-refractivity contribution in [3.05, 3.63) is 48.3 Å². The molecular formula is C18H25N7O2S. The Morgan fingerprint density at radius 1 is 1.18 bits per heavy atom. The molecule has 1 aliphatic heterocycles. The highest BCUT2D eigenvalue weighted by atomic mass is 32.2. The number of rotatable bonds is 5. The number of guanidine groups is 1. The van der Waals surface area contributed by atoms with E-state index in [0.717, 1.165) is 50.2 Å². The molecule has 2 aromatic rings. The van der Waals surface area contributed by atoms with Crippen LogP contribution in [0.25, 0.3) is 0 Å². The van der Waals surface area contributed by atoms with Gasteiger partial charge >= 0.3 is 0 Å². The molecule has 0 radical (unpaired) electrons. The second kappa shape index (κ2) is 8.98. The lowest BCUT2D eigenvalue weighted by molar-refractivity contribution is 0.370. The first-order valence-electron chi connectivity index (χ1n) is 9.14. The van der Waals surface area contributed by atoms with Crippen molar-refractivity contribution in [2.75, 3.05) is 37.6 Å². The summed E-state index contributed by atoms with van der Waals surface area (Å²) in [5, 5.41) is 8.51. The third-order valence-corrected chi connectivity index (χ3v) is 5.30. The Kier molecular flexibility index (Phi) is 6.42. The quantitative estimate of drug-likeness (QED) is 0.549. The molecule has 150 valence electrons. The van der Waals surface area contributed by atoms with Crippen LogP contribution in [0.3, 0.4) is 0 Å². The molecule has 2 heterocycles. The van der Waals surface area contributed by atoms with Gasteiger partial charge in [-0.15, -0.1) is 0 Å². The van der Waals surface area contributed by atoms with E-state index < -0.39 is 10.0 Å². The van der Waals surface area contributed by atoms with Crippen LogP contribution in [0.15, 0.2) is 52.6 Å². The summed E-state index contributed by atoms with van der Waals surface area (Å²) in [6, 6.07) is 8.37. The van der Waals surface area contributed by atoms with E-state index in [-0.39, 0.29) is 4.90 Å². The van der Waals surface area contributed by atoms with Gasteiger partial charge in [0.05, 0.1) is 11.4 Å². The van der Waals surface area contributed by atoms with Crippen LogP contribution in [0.5, 0.6) is 0 Å². The van der Waals surface area contributed by atoms with Gasteiger partial charge < -0.3 is 15.1 Å². The summed E-state index contributed by atoms with van der Waals surface area (Å²) >= 11 is 0. The second-order valence-corrected chi connectivity index (χ2v) is 7.95. The number of aliphatic imine (C=N–C) groups is 1. The molecule has 1 aromatic carbocycles. The highest BCUT2D eigenvalue weighted by Crippen LogP contribution is 2.12. The molecule has 0 unspecified atom stereocenters. The predicted octanol–water partition coefficient (Wildman–Crippen LogP) is 0.412. The van der Waals surface area contributed by atoms with Crippen LogP contribution < -0.4 is 15.4 Å². The fraction of sp³-hybridized carbons (Fsp3) is 0.389. The molecule has 10 heteroatoms. The molecule has 1 fully saturated rings. The van der Waals surface area contributed by atoms with Crippen LogP contribution in [-0.4, -0.2) is 62.0 Å². The third kappa shape index (κ3) is 5.17. The number of sulfonamides is 1. The molecule has 0 saturated carbocycles. The van der Waals surface area contributed by atoms with Crippen molar-refractivity contribution in [2.45, 2.75) is 18.4 Å². The minimum Gasteiger partial charge on any atom is -0.357 e. The number of benzene rings is 1. The van der Waals surface area contributed by atoms with Gasteiger partial charge in [-0.25, -0.2) is 28.5 Å². The van der Waals surface area contributed by atoms with Crippen molar-refractivity contribution < 1.29 is 8.42 Å². The van der Waals surface area contributed by atoms with E-state index >= 15 is 0 Å². The third-order valence-electron chi connectivity index (χ3n) is 4.39. The Morgan fingerprint density at radius 2 is 1.89 bits per heavy atom. The number of anilines is 1. The van der Waals surface area contributed by atoms with Gasteiger partial charge in [-0.3, -0.25) is 0 Å². The average Bonchev–Trinajstić information content (AvgIpc) is 2.71. The van der Waals surface area contributed by atoms with E-state index in [1.165, 1.54) is 6.07 Å². The van der Waals surface area contributed by atoms with Crippen LogP contribution >= 0.6 is 0 Å². The average molecular weight is 404 g/mol. The van der Waals surface area contributed by atoms with Crippen LogP contribution in [0.4, 0.5) is 5.95 Å². The minimum atomic E-state index is -3.72. The summed E-state index contributed by atoms with van der Waals surface area (Å²) in [4.78, 5) is 17.7. The number of hydrogen-bond donors (Lipinski definition) is 2. The zero-order valence-electron chi connectivity index (χ0n) is 15.8. The van der Waals surface area contributed by atoms with Crippen LogP contribution in [0, 0.1) is 0 Å². The van der Waals surface area contributed by atoms with Crippen molar-refractivity contribution in [2.24, 2.45) is 10.1 Å². The Hall–Kier alpha value is -2.72. The maximum absolute atomic E-state index is 11.5. The first-order valence-corrected chi connectivity index (χ1v) is 10.7. The molecular weight excluding hydrogens is 378 g/mol. The summed E-state index contributed by atoms with van der Waals surface area (Å²) in [6.07, 6.45) is 3.49. The second-order valence-electron chi connectivity index (χ2n) is 6.39. The van der Waals surface area contributed by atoms with Gasteiger partial charge in [0.1, 0.15) is 0 Å². The van der Waals surface area contributed by atoms with Crippen molar-refractivity contribution in [1.82, 2.24) is 20.2 Å². The van der Waals surface area contributed by atoms with Gasteiger partial charge in [-0.2, -0.15) is 0 Å². The fourth-order valence-electron chi connectivity index (χ4n) is 2.99. The monoisotopic (exact) mass is 403 g/mol. The number of aromatic nitrogens is 2. The van der Waals surface area contributed by atoms with Gasteiger partial charge in [0.25, 0.3) is 0 Å². The summed E-state index contributed by atoms with van der Waals surface area (Å²) in [6.45, 7) is 6.32. The van der Waals surface area contributed by atoms with Gasteiger partial charge in [0.15, 0.2) is 5.96 Å². The molecule has 28 heavy (non-hydrogen) atoms. The maximum Gasteiger partial charge on any atom is 0.238 e. The fourth-order valence-corrected chi connectivity index (χ4v) is 3.57. The molecule has 0 bridgehead atoms. The number of hydrogen-bond acceptors (Lipinski definition) is 6. The molecule has 0 aliphatic carbocycles. The number of piperazine rings is 1. The highest BCUT2D eigenvalue weighted by Gasteiger charge is 2.21. The van der Waals surface area contributed by atoms with Crippen LogP contribution in [-0.2, 0) is 16.6 Å². The van der Waals surface area contributed by atoms with Gasteiger partial charge in [-0.05, 0) is 30.7 Å². The molecule has 1 aromatic heterocycles. The highest BCUT2D eigenvalue weighted by molar-refractivity contribution is 7.89. The van der Waals surface area contributed by atoms with Crippen molar-refractivity contribution in [3.8, 4) is 0 Å². The van der Waals surface area contributed by atoms with Gasteiger partial charge in [0, 0.05) is 45.1 Å². The maximum atomic E-state index is 11.5. The van der Waals surface area contributed by atoms with Crippen molar-refractivity contribution >= 4 is 21.9 Å². The topological polar surface area (TPSA) is 117 Å². The molecule has 0 atom stereocenters. The molecule has 3 rings (SSSR count). The van der Waals surface area contributed by atoms with E-state index in [9.17, 15) is 8.42 Å². The lowest BCUT2D eigenvalue weighted by Gasteiger charge is -2.36. The van der Waals surface area contributed by atoms with Crippen LogP contribution in [0.2, 0.25) is 0 Å². The van der Waals surface area contributed by atoms with E-state index in [0.29, 0.717) is 6.54 Å². The number of nitrogens with two attached hydrogens (primary N) is 1. The number of nitrogens with one attached hydrogen (secondary N) is 1. The first-order chi connectivity index (χ1) is 13.5. The molecule has 1 saturated heterocycles. The van der Waals surface area contributed by atoms with Crippen LogP contribution in [0.1, 0.15) is 12.5 Å². The normalized spacial score (nSPS) is 15.6. The number of nitrogens with zero attached hydrogens (tertiary/aromatic N) is 5. The standard InChI is InChI=1S/C18H25N7O2S/c1-2-20-17(23-14-15-5-3-6-16(13-15)28(19,26)27)24-9-11-25(12-10-24)18-21-7-4-8-22-18/h3-8,13H,2,9-12,14H2,1H3,(H,20,23)(H2,19,26,27). The van der Waals surface area contributed by atoms with Crippen molar-refractivity contribution in [1.29, 1.82) is 0 Å². The summed E-state index contributed by atoms with van der Waals surface area (Å²) in [5.74, 6) is 1.54. The SMILES string of the molecule is CCNC(=NCc1cccc(S(N)(=O)=O)c1)N1CCN(c2ncccn2)CC1. The summed E-state index contributed by atoms with van der Waals surface area (Å²) < 4.78 is 23.1. The summed E-state index contributed by atoms with van der Waals surface area (Å²) in [5.41, 5.74) is 0.790. The van der Waals surface area contributed by atoms with E-state index in [1.54, 1.807) is 30.6 Å². The van der Waals surface area contributed by atoms with E-state index in [2.05, 4.69) is 30.1 Å². The lowest BCUT2D eigenvalue weighted by atomic mass is 10.2. The Balaban J connectivity index is 1.67. The minimum absolute atomic E-state index is 0.0988. The largest absolute Gasteiger partial charge is 0.357 e. The Morgan fingerprint density at radius 3 is 2.54 bits per heavy atom. The van der Waals surface area contributed by atoms with Gasteiger partial charge in [-0.1, -0.05) is 12.1 Å². The number of primary sulfonamides is 1. The molecule has 0 spiro atoms. The zero-order chi connectivity index (χ0) is 20.0. The smallest absolute Gasteiger partial charge is 0.238 e. The Labute approximate surface area is 165 Å². The predicted molar refractivity (Wildman–Crippen MR) is 108 cm³/mol. The summed E-state index contributed by atoms with van der Waals surface area (Å²) in [7, 11) is -3.72. The molecule has 9 nitrogen and oxygen atoms in total. The van der Waals surface area contributed by atoms with Crippen molar-refractivity contribution in [3.63, 3.8) is 0 Å². The van der Waals surface area contributed by atoms with E-state index in [1.807, 2.05) is 13.0 Å². The Bertz CT molecular complexity index is 911. The van der Waals surface area contributed by atoms with Gasteiger partial charge in [0.2, 0.25) is 16.0 Å². The molecule has 0 amide bonds. The lowest BCUT2D eigenvalue weighted by Crippen LogP contribution is -2.52. The first kappa shape index (κ1) is 20.0.